The molecule has 2 aromatic rings. The molecule has 1 amide bonds. The van der Waals surface area contributed by atoms with Crippen molar-refractivity contribution >= 4 is 17.5 Å². The molecule has 0 aromatic carbocycles. The molecule has 0 bridgehead atoms. The average Bonchev–Trinajstić information content (AvgIpc) is 2.74. The van der Waals surface area contributed by atoms with Gasteiger partial charge < -0.3 is 14.7 Å². The van der Waals surface area contributed by atoms with Crippen LogP contribution in [0.1, 0.15) is 27.4 Å². The Morgan fingerprint density at radius 3 is 2.74 bits per heavy atom. The first-order valence-corrected chi connectivity index (χ1v) is 6.08. The molecular formula is C13H13ClN2O3. The molecule has 0 atom stereocenters. The second kappa shape index (κ2) is 5.32. The Balaban J connectivity index is 2.11. The van der Waals surface area contributed by atoms with Gasteiger partial charge in [0.1, 0.15) is 0 Å². The fourth-order valence-electron chi connectivity index (χ4n) is 1.79. The SMILES string of the molecule is Cc1cc(C)c(CNC(=O)c2ccc(Cl)o2)c(=O)[nH]1. The molecule has 0 saturated carbocycles. The highest BCUT2D eigenvalue weighted by molar-refractivity contribution is 6.29. The number of halogens is 1. The lowest BCUT2D eigenvalue weighted by molar-refractivity contribution is 0.0923. The number of nitrogens with one attached hydrogen (secondary N) is 2. The van der Waals surface area contributed by atoms with Gasteiger partial charge in [0.15, 0.2) is 11.0 Å². The van der Waals surface area contributed by atoms with E-state index in [1.807, 2.05) is 19.9 Å². The van der Waals surface area contributed by atoms with Crippen LogP contribution in [0.25, 0.3) is 0 Å². The number of hydrogen-bond acceptors (Lipinski definition) is 3. The first-order chi connectivity index (χ1) is 8.97. The Morgan fingerprint density at radius 1 is 1.42 bits per heavy atom. The quantitative estimate of drug-likeness (QED) is 0.905. The Hall–Kier alpha value is -2.01. The van der Waals surface area contributed by atoms with Crippen molar-refractivity contribution in [1.82, 2.24) is 10.3 Å². The lowest BCUT2D eigenvalue weighted by atomic mass is 10.1. The molecule has 100 valence electrons. The van der Waals surface area contributed by atoms with Crippen molar-refractivity contribution in [3.63, 3.8) is 0 Å². The second-order valence-corrected chi connectivity index (χ2v) is 4.60. The van der Waals surface area contributed by atoms with Crippen molar-refractivity contribution in [1.29, 1.82) is 0 Å². The van der Waals surface area contributed by atoms with Crippen molar-refractivity contribution in [2.45, 2.75) is 20.4 Å². The Kier molecular flexibility index (Phi) is 3.76. The van der Waals surface area contributed by atoms with Crippen LogP contribution in [-0.2, 0) is 6.54 Å². The van der Waals surface area contributed by atoms with Crippen LogP contribution in [0, 0.1) is 13.8 Å². The lowest BCUT2D eigenvalue weighted by Crippen LogP contribution is -2.27. The summed E-state index contributed by atoms with van der Waals surface area (Å²) in [5.74, 6) is -0.294. The second-order valence-electron chi connectivity index (χ2n) is 4.23. The van der Waals surface area contributed by atoms with Gasteiger partial charge in [0.05, 0.1) is 0 Å². The molecule has 0 fully saturated rings. The highest BCUT2D eigenvalue weighted by Gasteiger charge is 2.12. The van der Waals surface area contributed by atoms with Gasteiger partial charge in [0.25, 0.3) is 11.5 Å². The van der Waals surface area contributed by atoms with E-state index in [-0.39, 0.29) is 23.1 Å². The van der Waals surface area contributed by atoms with E-state index in [0.717, 1.165) is 11.3 Å². The van der Waals surface area contributed by atoms with E-state index >= 15 is 0 Å². The maximum atomic E-state index is 11.8. The minimum atomic E-state index is -0.411. The Morgan fingerprint density at radius 2 is 2.16 bits per heavy atom. The third-order valence-electron chi connectivity index (χ3n) is 2.72. The first kappa shape index (κ1) is 13.4. The Labute approximate surface area is 114 Å². The monoisotopic (exact) mass is 280 g/mol. The number of amides is 1. The van der Waals surface area contributed by atoms with Crippen LogP contribution in [0.3, 0.4) is 0 Å². The van der Waals surface area contributed by atoms with Gasteiger partial charge in [-0.05, 0) is 49.2 Å². The summed E-state index contributed by atoms with van der Waals surface area (Å²) in [5, 5.41) is 2.77. The molecule has 0 spiro atoms. The number of carbonyl (C=O) groups excluding carboxylic acids is 1. The van der Waals surface area contributed by atoms with Crippen LogP contribution in [0.5, 0.6) is 0 Å². The van der Waals surface area contributed by atoms with Gasteiger partial charge in [0, 0.05) is 17.8 Å². The van der Waals surface area contributed by atoms with Crippen LogP contribution < -0.4 is 10.9 Å². The van der Waals surface area contributed by atoms with E-state index in [9.17, 15) is 9.59 Å². The van der Waals surface area contributed by atoms with Crippen molar-refractivity contribution < 1.29 is 9.21 Å². The summed E-state index contributed by atoms with van der Waals surface area (Å²) in [6.07, 6.45) is 0. The molecular weight excluding hydrogens is 268 g/mol. The van der Waals surface area contributed by atoms with E-state index in [2.05, 4.69) is 10.3 Å². The van der Waals surface area contributed by atoms with E-state index < -0.39 is 5.91 Å². The van der Waals surface area contributed by atoms with Crippen molar-refractivity contribution in [3.8, 4) is 0 Å². The highest BCUT2D eigenvalue weighted by atomic mass is 35.5. The predicted octanol–water partition coefficient (Wildman–Crippen LogP) is 2.17. The molecule has 0 aliphatic carbocycles. The van der Waals surface area contributed by atoms with E-state index in [0.29, 0.717) is 5.56 Å². The number of pyridine rings is 1. The molecule has 0 unspecified atom stereocenters. The van der Waals surface area contributed by atoms with Crippen molar-refractivity contribution in [3.05, 3.63) is 56.4 Å². The normalized spacial score (nSPS) is 10.5. The molecule has 0 saturated heterocycles. The summed E-state index contributed by atoms with van der Waals surface area (Å²) < 4.78 is 4.98. The zero-order chi connectivity index (χ0) is 14.0. The summed E-state index contributed by atoms with van der Waals surface area (Å²) >= 11 is 5.59. The van der Waals surface area contributed by atoms with Gasteiger partial charge in [-0.25, -0.2) is 0 Å². The number of H-pyrrole nitrogens is 1. The zero-order valence-electron chi connectivity index (χ0n) is 10.5. The summed E-state index contributed by atoms with van der Waals surface area (Å²) in [4.78, 5) is 26.2. The van der Waals surface area contributed by atoms with Gasteiger partial charge in [-0.15, -0.1) is 0 Å². The largest absolute Gasteiger partial charge is 0.440 e. The van der Waals surface area contributed by atoms with E-state index in [4.69, 9.17) is 16.0 Å². The number of furan rings is 1. The molecule has 2 aromatic heterocycles. The van der Waals surface area contributed by atoms with Crippen molar-refractivity contribution in [2.75, 3.05) is 0 Å². The van der Waals surface area contributed by atoms with Gasteiger partial charge in [0.2, 0.25) is 0 Å². The third-order valence-corrected chi connectivity index (χ3v) is 2.92. The number of carbonyl (C=O) groups is 1. The minimum absolute atomic E-state index is 0.117. The third kappa shape index (κ3) is 3.06. The van der Waals surface area contributed by atoms with Crippen LogP contribution >= 0.6 is 11.6 Å². The maximum Gasteiger partial charge on any atom is 0.287 e. The van der Waals surface area contributed by atoms with Gasteiger partial charge >= 0.3 is 0 Å². The number of aromatic amines is 1. The average molecular weight is 281 g/mol. The zero-order valence-corrected chi connectivity index (χ0v) is 11.3. The molecule has 0 aliphatic heterocycles. The summed E-state index contributed by atoms with van der Waals surface area (Å²) in [6, 6.07) is 4.82. The van der Waals surface area contributed by atoms with E-state index in [1.165, 1.54) is 12.1 Å². The van der Waals surface area contributed by atoms with Gasteiger partial charge in [-0.2, -0.15) is 0 Å². The summed E-state index contributed by atoms with van der Waals surface area (Å²) in [5.41, 5.74) is 1.95. The molecule has 5 nitrogen and oxygen atoms in total. The summed E-state index contributed by atoms with van der Waals surface area (Å²) in [7, 11) is 0. The van der Waals surface area contributed by atoms with Crippen LogP contribution in [0.4, 0.5) is 0 Å². The minimum Gasteiger partial charge on any atom is -0.440 e. The molecule has 2 N–H and O–H groups in total. The van der Waals surface area contributed by atoms with Crippen LogP contribution in [-0.4, -0.2) is 10.9 Å². The molecule has 2 heterocycles. The topological polar surface area (TPSA) is 75.1 Å². The fraction of sp³-hybridized carbons (Fsp3) is 0.231. The predicted molar refractivity (Wildman–Crippen MR) is 71.4 cm³/mol. The molecule has 0 aliphatic rings. The number of hydrogen-bond donors (Lipinski definition) is 2. The van der Waals surface area contributed by atoms with Crippen molar-refractivity contribution in [2.24, 2.45) is 0 Å². The molecule has 6 heteroatoms. The molecule has 19 heavy (non-hydrogen) atoms. The highest BCUT2D eigenvalue weighted by Crippen LogP contribution is 2.13. The first-order valence-electron chi connectivity index (χ1n) is 5.70. The van der Waals surface area contributed by atoms with Crippen LogP contribution in [0.15, 0.2) is 27.4 Å². The maximum absolute atomic E-state index is 11.8. The number of aryl methyl sites for hydroxylation is 2. The number of aromatic nitrogens is 1. The lowest BCUT2D eigenvalue weighted by Gasteiger charge is -2.06. The van der Waals surface area contributed by atoms with E-state index in [1.54, 1.807) is 0 Å². The summed E-state index contributed by atoms with van der Waals surface area (Å²) in [6.45, 7) is 3.77. The molecule has 2 rings (SSSR count). The molecule has 0 radical (unpaired) electrons. The standard InChI is InChI=1S/C13H13ClN2O3/c1-7-5-8(2)16-12(17)9(7)6-15-13(18)10-3-4-11(14)19-10/h3-5H,6H2,1-2H3,(H,15,18)(H,16,17). The van der Waals surface area contributed by atoms with Gasteiger partial charge in [-0.1, -0.05) is 0 Å². The Bertz CT molecular complexity index is 673. The smallest absolute Gasteiger partial charge is 0.287 e. The fourth-order valence-corrected chi connectivity index (χ4v) is 1.94. The van der Waals surface area contributed by atoms with Gasteiger partial charge in [-0.3, -0.25) is 9.59 Å². The number of rotatable bonds is 3. The van der Waals surface area contributed by atoms with Crippen LogP contribution in [0.2, 0.25) is 5.22 Å².